The number of nitrogens with one attached hydrogen (secondary N) is 1. The maximum absolute atomic E-state index is 12.3. The number of rotatable bonds is 9. The molecule has 4 nitrogen and oxygen atoms in total. The molecule has 4 rings (SSSR count). The molecule has 4 aromatic rings. The Bertz CT molecular complexity index is 1240. The third-order valence-corrected chi connectivity index (χ3v) is 7.12. The van der Waals surface area contributed by atoms with Gasteiger partial charge >= 0.3 is 0 Å². The van der Waals surface area contributed by atoms with Crippen molar-refractivity contribution in [2.24, 2.45) is 0 Å². The van der Waals surface area contributed by atoms with E-state index in [4.69, 9.17) is 4.98 Å². The van der Waals surface area contributed by atoms with E-state index in [1.54, 1.807) is 11.3 Å². The second kappa shape index (κ2) is 11.5. The summed E-state index contributed by atoms with van der Waals surface area (Å²) in [6.45, 7) is 9.85. The van der Waals surface area contributed by atoms with E-state index in [2.05, 4.69) is 109 Å². The monoisotopic (exact) mass is 497 g/mol. The van der Waals surface area contributed by atoms with Crippen LogP contribution < -0.4 is 10.2 Å². The van der Waals surface area contributed by atoms with E-state index in [-0.39, 0.29) is 17.4 Å². The average Bonchev–Trinajstić information content (AvgIpc) is 3.39. The molecule has 0 aliphatic heterocycles. The van der Waals surface area contributed by atoms with Crippen LogP contribution in [0, 0.1) is 0 Å². The molecule has 0 saturated carbocycles. The van der Waals surface area contributed by atoms with Gasteiger partial charge in [-0.05, 0) is 42.2 Å². The Balaban J connectivity index is 1.74. The summed E-state index contributed by atoms with van der Waals surface area (Å²) in [4.78, 5) is 19.8. The Morgan fingerprint density at radius 1 is 0.917 bits per heavy atom. The van der Waals surface area contributed by atoms with E-state index in [0.717, 1.165) is 22.8 Å². The number of thiazole rings is 1. The number of carbonyl (C=O) groups excluding carboxylic acids is 1. The Morgan fingerprint density at radius 2 is 1.56 bits per heavy atom. The highest BCUT2D eigenvalue weighted by atomic mass is 32.1. The van der Waals surface area contributed by atoms with Crippen LogP contribution in [-0.4, -0.2) is 17.4 Å². The van der Waals surface area contributed by atoms with Gasteiger partial charge in [0.15, 0.2) is 5.13 Å². The molecule has 36 heavy (non-hydrogen) atoms. The van der Waals surface area contributed by atoms with E-state index in [1.165, 1.54) is 11.1 Å². The molecular weight excluding hydrogens is 462 g/mol. The number of benzene rings is 3. The van der Waals surface area contributed by atoms with Gasteiger partial charge in [-0.15, -0.1) is 11.3 Å². The minimum Gasteiger partial charge on any atom is -0.352 e. The van der Waals surface area contributed by atoms with Gasteiger partial charge in [0.1, 0.15) is 0 Å². The van der Waals surface area contributed by atoms with E-state index >= 15 is 0 Å². The van der Waals surface area contributed by atoms with Gasteiger partial charge in [0.25, 0.3) is 5.91 Å². The zero-order valence-corrected chi connectivity index (χ0v) is 22.4. The van der Waals surface area contributed by atoms with E-state index in [1.807, 2.05) is 19.1 Å². The largest absolute Gasteiger partial charge is 0.352 e. The summed E-state index contributed by atoms with van der Waals surface area (Å²) in [6.07, 6.45) is 0.867. The Labute approximate surface area is 219 Å². The molecule has 0 aliphatic carbocycles. The molecule has 0 saturated heterocycles. The molecule has 1 unspecified atom stereocenters. The van der Waals surface area contributed by atoms with Crippen molar-refractivity contribution in [1.82, 2.24) is 10.3 Å². The van der Waals surface area contributed by atoms with Crippen LogP contribution >= 0.6 is 11.3 Å². The summed E-state index contributed by atoms with van der Waals surface area (Å²) in [7, 11) is 0. The van der Waals surface area contributed by atoms with Crippen molar-refractivity contribution in [3.05, 3.63) is 118 Å². The maximum atomic E-state index is 12.3. The topological polar surface area (TPSA) is 45.2 Å². The summed E-state index contributed by atoms with van der Waals surface area (Å²) in [5, 5.41) is 6.07. The van der Waals surface area contributed by atoms with Crippen molar-refractivity contribution in [1.29, 1.82) is 0 Å². The van der Waals surface area contributed by atoms with Crippen molar-refractivity contribution < 1.29 is 4.79 Å². The van der Waals surface area contributed by atoms with Gasteiger partial charge in [-0.1, -0.05) is 93.6 Å². The zero-order valence-electron chi connectivity index (χ0n) is 21.6. The number of anilines is 1. The van der Waals surface area contributed by atoms with Crippen molar-refractivity contribution >= 4 is 22.4 Å². The first-order chi connectivity index (χ1) is 17.3. The van der Waals surface area contributed by atoms with Crippen LogP contribution in [0.2, 0.25) is 0 Å². The number of nitrogens with zero attached hydrogens (tertiary/aromatic N) is 2. The maximum Gasteiger partial charge on any atom is 0.251 e. The van der Waals surface area contributed by atoms with Gasteiger partial charge in [0.2, 0.25) is 0 Å². The number of carbonyl (C=O) groups is 1. The molecule has 5 heteroatoms. The lowest BCUT2D eigenvalue weighted by molar-refractivity contribution is 0.0956. The van der Waals surface area contributed by atoms with Crippen molar-refractivity contribution in [3.8, 4) is 0 Å². The normalized spacial score (nSPS) is 12.2. The molecular formula is C31H35N3OS. The first kappa shape index (κ1) is 25.6. The minimum atomic E-state index is -0.0399. The highest BCUT2D eigenvalue weighted by molar-refractivity contribution is 7.13. The first-order valence-electron chi connectivity index (χ1n) is 12.5. The van der Waals surface area contributed by atoms with Crippen LogP contribution in [0.3, 0.4) is 0 Å². The van der Waals surface area contributed by atoms with Gasteiger partial charge < -0.3 is 10.2 Å². The molecule has 186 valence electrons. The smallest absolute Gasteiger partial charge is 0.251 e. The molecule has 1 aromatic heterocycles. The summed E-state index contributed by atoms with van der Waals surface area (Å²) < 4.78 is 0. The molecule has 1 heterocycles. The average molecular weight is 498 g/mol. The molecule has 3 aromatic carbocycles. The van der Waals surface area contributed by atoms with Crippen LogP contribution in [-0.2, 0) is 18.4 Å². The lowest BCUT2D eigenvalue weighted by Crippen LogP contribution is -2.30. The van der Waals surface area contributed by atoms with Crippen LogP contribution in [0.4, 0.5) is 5.13 Å². The Hall–Kier alpha value is -3.44. The van der Waals surface area contributed by atoms with E-state index in [9.17, 15) is 4.79 Å². The quantitative estimate of drug-likeness (QED) is 0.266. The summed E-state index contributed by atoms with van der Waals surface area (Å²) >= 11 is 1.70. The molecule has 1 N–H and O–H groups in total. The first-order valence-corrected chi connectivity index (χ1v) is 13.4. The Kier molecular flexibility index (Phi) is 8.21. The number of hydrogen-bond donors (Lipinski definition) is 1. The molecule has 1 amide bonds. The molecule has 0 spiro atoms. The van der Waals surface area contributed by atoms with Crippen molar-refractivity contribution in [3.63, 3.8) is 0 Å². The fourth-order valence-corrected chi connectivity index (χ4v) is 5.29. The fraction of sp³-hybridized carbons (Fsp3) is 0.290. The van der Waals surface area contributed by atoms with Crippen LogP contribution in [0.25, 0.3) is 0 Å². The van der Waals surface area contributed by atoms with Crippen molar-refractivity contribution in [2.75, 3.05) is 11.4 Å². The Morgan fingerprint density at radius 3 is 2.14 bits per heavy atom. The second-order valence-electron chi connectivity index (χ2n) is 10.1. The minimum absolute atomic E-state index is 0.0175. The predicted octanol–water partition coefficient (Wildman–Crippen LogP) is 7.18. The molecule has 0 radical (unpaired) electrons. The molecule has 0 bridgehead atoms. The molecule has 0 aliphatic rings. The van der Waals surface area contributed by atoms with Gasteiger partial charge in [0, 0.05) is 29.4 Å². The van der Waals surface area contributed by atoms with Crippen LogP contribution in [0.5, 0.6) is 0 Å². The van der Waals surface area contributed by atoms with E-state index < -0.39 is 0 Å². The highest BCUT2D eigenvalue weighted by Crippen LogP contribution is 2.36. The third kappa shape index (κ3) is 6.41. The third-order valence-electron chi connectivity index (χ3n) is 6.25. The fourth-order valence-electron chi connectivity index (χ4n) is 4.19. The number of hydrogen-bond acceptors (Lipinski definition) is 4. The lowest BCUT2D eigenvalue weighted by Gasteiger charge is -2.33. The zero-order chi connectivity index (χ0) is 25.5. The summed E-state index contributed by atoms with van der Waals surface area (Å²) in [5.74, 6) is -0.0399. The molecule has 1 atom stereocenters. The van der Waals surface area contributed by atoms with Gasteiger partial charge in [-0.25, -0.2) is 4.98 Å². The lowest BCUT2D eigenvalue weighted by atomic mass is 9.93. The summed E-state index contributed by atoms with van der Waals surface area (Å²) in [6, 6.07) is 29.4. The molecule has 0 fully saturated rings. The van der Waals surface area contributed by atoms with Gasteiger partial charge in [-0.3, -0.25) is 4.79 Å². The van der Waals surface area contributed by atoms with Crippen LogP contribution in [0.1, 0.15) is 66.5 Å². The number of amides is 1. The van der Waals surface area contributed by atoms with Gasteiger partial charge in [-0.2, -0.15) is 0 Å². The van der Waals surface area contributed by atoms with Crippen LogP contribution in [0.15, 0.2) is 90.3 Å². The predicted molar refractivity (Wildman–Crippen MR) is 151 cm³/mol. The van der Waals surface area contributed by atoms with E-state index in [0.29, 0.717) is 18.7 Å². The van der Waals surface area contributed by atoms with Gasteiger partial charge in [0.05, 0.1) is 11.7 Å². The standard InChI is InChI=1S/C31H35N3OS/c1-5-32-29(35)26-18-16-24(17-19-26)21-34(30-33-28(22-36-30)31(2,3)4)27(25-14-10-7-11-15-25)20-23-12-8-6-9-13-23/h6-19,22,27H,5,20-21H2,1-4H3,(H,32,35). The highest BCUT2D eigenvalue weighted by Gasteiger charge is 2.26. The second-order valence-corrected chi connectivity index (χ2v) is 10.9. The summed E-state index contributed by atoms with van der Waals surface area (Å²) in [5.41, 5.74) is 5.45. The number of aromatic nitrogens is 1. The SMILES string of the molecule is CCNC(=O)c1ccc(CN(c2nc(C(C)(C)C)cs2)C(Cc2ccccc2)c2ccccc2)cc1. The van der Waals surface area contributed by atoms with Crippen molar-refractivity contribution in [2.45, 2.75) is 52.1 Å².